The third-order valence-corrected chi connectivity index (χ3v) is 1.90. The maximum atomic E-state index is 10.5. The lowest BCUT2D eigenvalue weighted by Crippen LogP contribution is -1.99. The smallest absolute Gasteiger partial charge is 0.339 e. The minimum absolute atomic E-state index is 0.190. The van der Waals surface area contributed by atoms with Crippen molar-refractivity contribution < 1.29 is 14.6 Å². The van der Waals surface area contributed by atoms with Crippen LogP contribution in [0.4, 0.5) is 0 Å². The summed E-state index contributed by atoms with van der Waals surface area (Å²) in [5, 5.41) is 8.62. The van der Waals surface area contributed by atoms with E-state index in [0.717, 1.165) is 0 Å². The van der Waals surface area contributed by atoms with Crippen molar-refractivity contribution in [1.29, 1.82) is 0 Å². The van der Waals surface area contributed by atoms with E-state index >= 15 is 0 Å². The van der Waals surface area contributed by atoms with Gasteiger partial charge in [-0.05, 0) is 24.3 Å². The third kappa shape index (κ3) is 4.34. The quantitative estimate of drug-likeness (QED) is 0.862. The molecule has 4 heteroatoms. The van der Waals surface area contributed by atoms with Crippen LogP contribution in [0.25, 0.3) is 0 Å². The molecule has 0 unspecified atom stereocenters. The van der Waals surface area contributed by atoms with Crippen LogP contribution in [-0.4, -0.2) is 23.2 Å². The number of aromatic carboxylic acids is 1. The maximum absolute atomic E-state index is 10.5. The third-order valence-electron chi connectivity index (χ3n) is 1.90. The molecule has 1 heterocycles. The molecule has 17 heavy (non-hydrogen) atoms. The van der Waals surface area contributed by atoms with E-state index in [1.807, 2.05) is 18.2 Å². The van der Waals surface area contributed by atoms with Crippen LogP contribution in [0, 0.1) is 0 Å². The molecule has 0 aliphatic carbocycles. The highest BCUT2D eigenvalue weighted by molar-refractivity contribution is 5.90. The minimum Gasteiger partial charge on any atom is -0.496 e. The number of nitrogens with zero attached hydrogens (tertiary/aromatic N) is 1. The second-order valence-corrected chi connectivity index (χ2v) is 3.03. The van der Waals surface area contributed by atoms with E-state index in [2.05, 4.69) is 4.98 Å². The molecule has 0 amide bonds. The number of benzene rings is 1. The highest BCUT2D eigenvalue weighted by Gasteiger charge is 2.07. The van der Waals surface area contributed by atoms with Gasteiger partial charge in [-0.25, -0.2) is 4.79 Å². The number of carboxylic acids is 1. The molecule has 0 aliphatic rings. The standard InChI is InChI=1S/C8H8O3.C5H5N/c1-11-7-5-3-2-4-6(7)8(9)10;1-2-4-6-5-3-1/h2-5H,1H3,(H,9,10);1-5H. The lowest BCUT2D eigenvalue weighted by atomic mass is 10.2. The summed E-state index contributed by atoms with van der Waals surface area (Å²) in [6.45, 7) is 0. The number of pyridine rings is 1. The maximum Gasteiger partial charge on any atom is 0.339 e. The summed E-state index contributed by atoms with van der Waals surface area (Å²) in [7, 11) is 1.45. The number of ether oxygens (including phenoxy) is 1. The summed E-state index contributed by atoms with van der Waals surface area (Å²) >= 11 is 0. The zero-order chi connectivity index (χ0) is 12.5. The van der Waals surface area contributed by atoms with Gasteiger partial charge in [0.25, 0.3) is 0 Å². The van der Waals surface area contributed by atoms with Crippen molar-refractivity contribution >= 4 is 5.97 Å². The first-order valence-corrected chi connectivity index (χ1v) is 4.97. The molecule has 1 aromatic carbocycles. The van der Waals surface area contributed by atoms with Gasteiger partial charge < -0.3 is 9.84 Å². The Hall–Kier alpha value is -2.36. The van der Waals surface area contributed by atoms with Crippen LogP contribution in [0.5, 0.6) is 5.75 Å². The monoisotopic (exact) mass is 231 g/mol. The lowest BCUT2D eigenvalue weighted by Gasteiger charge is -2.01. The van der Waals surface area contributed by atoms with Crippen LogP contribution >= 0.6 is 0 Å². The Kier molecular flexibility index (Phi) is 5.24. The van der Waals surface area contributed by atoms with E-state index in [9.17, 15) is 4.79 Å². The van der Waals surface area contributed by atoms with Crippen molar-refractivity contribution in [2.45, 2.75) is 0 Å². The van der Waals surface area contributed by atoms with Crippen LogP contribution in [-0.2, 0) is 0 Å². The van der Waals surface area contributed by atoms with Crippen LogP contribution in [0.15, 0.2) is 54.9 Å². The molecule has 0 saturated carbocycles. The Morgan fingerprint density at radius 3 is 2.12 bits per heavy atom. The largest absolute Gasteiger partial charge is 0.496 e. The number of hydrogen-bond acceptors (Lipinski definition) is 3. The van der Waals surface area contributed by atoms with Gasteiger partial charge in [-0.2, -0.15) is 0 Å². The highest BCUT2D eigenvalue weighted by Crippen LogP contribution is 2.16. The fourth-order valence-corrected chi connectivity index (χ4v) is 1.13. The topological polar surface area (TPSA) is 59.4 Å². The zero-order valence-corrected chi connectivity index (χ0v) is 9.41. The molecule has 0 atom stereocenters. The van der Waals surface area contributed by atoms with Gasteiger partial charge >= 0.3 is 5.97 Å². The van der Waals surface area contributed by atoms with Gasteiger partial charge in [0.15, 0.2) is 0 Å². The summed E-state index contributed by atoms with van der Waals surface area (Å²) in [5.41, 5.74) is 0.190. The molecular formula is C13H13NO3. The first-order valence-electron chi connectivity index (χ1n) is 4.97. The van der Waals surface area contributed by atoms with E-state index < -0.39 is 5.97 Å². The Morgan fingerprint density at radius 2 is 1.76 bits per heavy atom. The van der Waals surface area contributed by atoms with Crippen molar-refractivity contribution in [1.82, 2.24) is 4.98 Å². The molecule has 2 aromatic rings. The van der Waals surface area contributed by atoms with Gasteiger partial charge in [-0.15, -0.1) is 0 Å². The summed E-state index contributed by atoms with van der Waals surface area (Å²) in [5.74, 6) is -0.581. The molecule has 4 nitrogen and oxygen atoms in total. The van der Waals surface area contributed by atoms with Crippen LogP contribution < -0.4 is 4.74 Å². The van der Waals surface area contributed by atoms with Crippen molar-refractivity contribution in [2.24, 2.45) is 0 Å². The number of rotatable bonds is 2. The Morgan fingerprint density at radius 1 is 1.12 bits per heavy atom. The van der Waals surface area contributed by atoms with E-state index in [1.165, 1.54) is 13.2 Å². The highest BCUT2D eigenvalue weighted by atomic mass is 16.5. The van der Waals surface area contributed by atoms with E-state index in [1.54, 1.807) is 30.6 Å². The van der Waals surface area contributed by atoms with Crippen molar-refractivity contribution in [3.63, 3.8) is 0 Å². The van der Waals surface area contributed by atoms with Gasteiger partial charge in [-0.1, -0.05) is 18.2 Å². The van der Waals surface area contributed by atoms with Gasteiger partial charge in [0.1, 0.15) is 11.3 Å². The summed E-state index contributed by atoms with van der Waals surface area (Å²) in [6.07, 6.45) is 3.50. The fraction of sp³-hybridized carbons (Fsp3) is 0.0769. The summed E-state index contributed by atoms with van der Waals surface area (Å²) in [6, 6.07) is 12.2. The van der Waals surface area contributed by atoms with Crippen LogP contribution in [0.2, 0.25) is 0 Å². The van der Waals surface area contributed by atoms with Gasteiger partial charge in [-0.3, -0.25) is 4.98 Å². The number of carbonyl (C=O) groups is 1. The van der Waals surface area contributed by atoms with Crippen LogP contribution in [0.3, 0.4) is 0 Å². The second kappa shape index (κ2) is 7.00. The average Bonchev–Trinajstić information content (AvgIpc) is 2.41. The lowest BCUT2D eigenvalue weighted by molar-refractivity contribution is 0.0693. The molecule has 0 saturated heterocycles. The van der Waals surface area contributed by atoms with Crippen molar-refractivity contribution in [3.8, 4) is 5.75 Å². The van der Waals surface area contributed by atoms with Crippen molar-refractivity contribution in [3.05, 3.63) is 60.4 Å². The first-order chi connectivity index (χ1) is 8.25. The van der Waals surface area contributed by atoms with E-state index in [0.29, 0.717) is 5.75 Å². The second-order valence-electron chi connectivity index (χ2n) is 3.03. The predicted molar refractivity (Wildman–Crippen MR) is 64.2 cm³/mol. The molecule has 2 rings (SSSR count). The number of para-hydroxylation sites is 1. The molecule has 0 bridgehead atoms. The average molecular weight is 231 g/mol. The fourth-order valence-electron chi connectivity index (χ4n) is 1.13. The zero-order valence-electron chi connectivity index (χ0n) is 9.41. The molecule has 1 aromatic heterocycles. The number of aromatic nitrogens is 1. The molecule has 88 valence electrons. The Balaban J connectivity index is 0.000000202. The molecule has 0 fully saturated rings. The van der Waals surface area contributed by atoms with Crippen molar-refractivity contribution in [2.75, 3.05) is 7.11 Å². The van der Waals surface area contributed by atoms with Gasteiger partial charge in [0.05, 0.1) is 7.11 Å². The normalized spacial score (nSPS) is 8.76. The number of hydrogen-bond donors (Lipinski definition) is 1. The predicted octanol–water partition coefficient (Wildman–Crippen LogP) is 2.48. The molecular weight excluding hydrogens is 218 g/mol. The van der Waals surface area contributed by atoms with E-state index in [4.69, 9.17) is 9.84 Å². The summed E-state index contributed by atoms with van der Waals surface area (Å²) < 4.78 is 4.83. The molecule has 0 spiro atoms. The SMILES string of the molecule is COc1ccccc1C(=O)O.c1ccncc1. The summed E-state index contributed by atoms with van der Waals surface area (Å²) in [4.78, 5) is 14.3. The minimum atomic E-state index is -0.970. The Labute approximate surface area is 99.5 Å². The van der Waals surface area contributed by atoms with Crippen LogP contribution in [0.1, 0.15) is 10.4 Å². The number of methoxy groups -OCH3 is 1. The van der Waals surface area contributed by atoms with Gasteiger partial charge in [0.2, 0.25) is 0 Å². The molecule has 1 N–H and O–H groups in total. The first kappa shape index (κ1) is 12.7. The molecule has 0 radical (unpaired) electrons. The van der Waals surface area contributed by atoms with E-state index in [-0.39, 0.29) is 5.56 Å². The molecule has 0 aliphatic heterocycles. The van der Waals surface area contributed by atoms with Gasteiger partial charge in [0, 0.05) is 12.4 Å². The Bertz CT molecular complexity index is 431. The number of carboxylic acid groups (broad SMARTS) is 1.